The summed E-state index contributed by atoms with van der Waals surface area (Å²) < 4.78 is 5.77. The Hall–Kier alpha value is -0.0900. The summed E-state index contributed by atoms with van der Waals surface area (Å²) in [6.45, 7) is 4.66. The second kappa shape index (κ2) is 9.91. The van der Waals surface area contributed by atoms with E-state index in [1.807, 2.05) is 0 Å². The molecule has 2 saturated heterocycles. The minimum atomic E-state index is -1.36. The van der Waals surface area contributed by atoms with Crippen LogP contribution in [-0.4, -0.2) is 81.3 Å². The smallest absolute Gasteiger partial charge is 0.237 e. The maximum Gasteiger partial charge on any atom is 0.237 e. The number of rotatable bonds is 5. The Morgan fingerprint density at radius 1 is 1.23 bits per heavy atom. The van der Waals surface area contributed by atoms with Crippen LogP contribution in [0.5, 0.6) is 0 Å². The Bertz CT molecular complexity index is 470. The fraction of sp³-hybridized carbons (Fsp3) is 0.941. The van der Waals surface area contributed by atoms with Gasteiger partial charge in [-0.3, -0.25) is 4.79 Å². The van der Waals surface area contributed by atoms with Crippen LogP contribution in [-0.2, 0) is 9.53 Å². The van der Waals surface area contributed by atoms with Gasteiger partial charge in [-0.25, -0.2) is 0 Å². The topological polar surface area (TPSA) is 111 Å². The molecule has 0 aromatic rings. The first kappa shape index (κ1) is 22.2. The predicted octanol–water partition coefficient (Wildman–Crippen LogP) is 0.0473. The Labute approximate surface area is 164 Å². The maximum absolute atomic E-state index is 12.7. The lowest BCUT2D eigenvalue weighted by Gasteiger charge is -2.44. The van der Waals surface area contributed by atoms with Gasteiger partial charge in [0.1, 0.15) is 29.9 Å². The highest BCUT2D eigenvalue weighted by molar-refractivity contribution is 7.99. The van der Waals surface area contributed by atoms with Gasteiger partial charge < -0.3 is 30.7 Å². The van der Waals surface area contributed by atoms with Gasteiger partial charge in [-0.15, -0.1) is 23.4 Å². The Kier molecular flexibility index (Phi) is 8.46. The van der Waals surface area contributed by atoms with E-state index in [1.165, 1.54) is 11.8 Å². The van der Waals surface area contributed by atoms with E-state index in [0.717, 1.165) is 25.8 Å². The molecule has 7 nitrogen and oxygen atoms in total. The van der Waals surface area contributed by atoms with Crippen LogP contribution in [0.1, 0.15) is 33.1 Å². The summed E-state index contributed by atoms with van der Waals surface area (Å²) in [5.74, 6) is 0.388. The van der Waals surface area contributed by atoms with Crippen molar-refractivity contribution in [2.75, 3.05) is 12.8 Å². The van der Waals surface area contributed by atoms with E-state index in [9.17, 15) is 20.1 Å². The largest absolute Gasteiger partial charge is 0.388 e. The van der Waals surface area contributed by atoms with Crippen molar-refractivity contribution < 1.29 is 24.9 Å². The van der Waals surface area contributed by atoms with Crippen molar-refractivity contribution in [3.05, 3.63) is 0 Å². The van der Waals surface area contributed by atoms with Gasteiger partial charge in [0.25, 0.3) is 0 Å². The van der Waals surface area contributed by atoms with E-state index >= 15 is 0 Å². The Morgan fingerprint density at radius 3 is 2.54 bits per heavy atom. The van der Waals surface area contributed by atoms with Crippen molar-refractivity contribution in [2.24, 2.45) is 5.92 Å². The first-order valence-electron chi connectivity index (χ1n) is 9.16. The first-order chi connectivity index (χ1) is 12.3. The highest BCUT2D eigenvalue weighted by Crippen LogP contribution is 2.30. The van der Waals surface area contributed by atoms with Crippen molar-refractivity contribution in [3.63, 3.8) is 0 Å². The van der Waals surface area contributed by atoms with Gasteiger partial charge in [-0.05, 0) is 44.9 Å². The molecule has 9 heteroatoms. The average Bonchev–Trinajstić information content (AvgIpc) is 2.82. The zero-order chi connectivity index (χ0) is 19.4. The molecule has 5 N–H and O–H groups in total. The zero-order valence-electron chi connectivity index (χ0n) is 15.5. The van der Waals surface area contributed by atoms with Crippen LogP contribution in [0.4, 0.5) is 0 Å². The van der Waals surface area contributed by atoms with Crippen molar-refractivity contribution >= 4 is 29.3 Å². The van der Waals surface area contributed by atoms with Gasteiger partial charge in [0.05, 0.1) is 17.5 Å². The summed E-state index contributed by atoms with van der Waals surface area (Å²) in [6, 6.07) is -1.01. The van der Waals surface area contributed by atoms with E-state index in [0.29, 0.717) is 5.92 Å². The first-order valence-corrected chi connectivity index (χ1v) is 10.9. The number of carbonyl (C=O) groups is 1. The third-order valence-electron chi connectivity index (χ3n) is 5.29. The van der Waals surface area contributed by atoms with Crippen LogP contribution in [0.25, 0.3) is 0 Å². The SMILES string of the molecule is CS[C@H]1O[C@H]([C@H](NC(=O)[C@@H]2CCC(C)CCN2)[C@H](C)Cl)[C@H](O)[C@H](O)[C@H]1O. The molecule has 2 aliphatic heterocycles. The van der Waals surface area contributed by atoms with Gasteiger partial charge in [-0.2, -0.15) is 0 Å². The number of halogens is 1. The van der Waals surface area contributed by atoms with Crippen molar-refractivity contribution in [1.29, 1.82) is 0 Å². The Morgan fingerprint density at radius 2 is 1.92 bits per heavy atom. The summed E-state index contributed by atoms with van der Waals surface area (Å²) in [6.07, 6.45) is -0.352. The zero-order valence-corrected chi connectivity index (χ0v) is 17.0. The molecule has 0 spiro atoms. The van der Waals surface area contributed by atoms with Crippen molar-refractivity contribution in [2.45, 2.75) is 80.4 Å². The maximum atomic E-state index is 12.7. The van der Waals surface area contributed by atoms with E-state index in [-0.39, 0.29) is 11.9 Å². The standard InChI is InChI=1S/C17H31ClN2O5S/c1-8-4-5-10(19-7-6-8)16(24)20-11(9(2)18)15-13(22)12(21)14(23)17(25-15)26-3/h8-15,17,19,21-23H,4-7H2,1-3H3,(H,20,24)/t8?,9-,10-,11+,12-,13+,14+,15+,17+/m0/s1. The lowest BCUT2D eigenvalue weighted by Crippen LogP contribution is -2.65. The monoisotopic (exact) mass is 410 g/mol. The molecule has 0 saturated carbocycles. The normalized spacial score (nSPS) is 41.1. The fourth-order valence-corrected chi connectivity index (χ4v) is 4.40. The van der Waals surface area contributed by atoms with Crippen LogP contribution in [0.3, 0.4) is 0 Å². The van der Waals surface area contributed by atoms with Crippen LogP contribution >= 0.6 is 23.4 Å². The minimum Gasteiger partial charge on any atom is -0.388 e. The highest BCUT2D eigenvalue weighted by atomic mass is 35.5. The molecule has 2 rings (SSSR count). The van der Waals surface area contributed by atoms with Crippen LogP contribution in [0.15, 0.2) is 0 Å². The van der Waals surface area contributed by atoms with Gasteiger partial charge in [-0.1, -0.05) is 6.92 Å². The second-order valence-electron chi connectivity index (χ2n) is 7.37. The van der Waals surface area contributed by atoms with Crippen LogP contribution < -0.4 is 10.6 Å². The molecule has 152 valence electrons. The number of alkyl halides is 1. The predicted molar refractivity (Wildman–Crippen MR) is 102 cm³/mol. The minimum absolute atomic E-state index is 0.186. The Balaban J connectivity index is 2.08. The van der Waals surface area contributed by atoms with E-state index in [4.69, 9.17) is 16.3 Å². The number of aliphatic hydroxyl groups excluding tert-OH is 3. The molecule has 2 heterocycles. The number of aliphatic hydroxyl groups is 3. The summed E-state index contributed by atoms with van der Waals surface area (Å²) in [7, 11) is 0. The molecule has 0 aliphatic carbocycles. The fourth-order valence-electron chi connectivity index (χ4n) is 3.51. The molecule has 2 fully saturated rings. The number of hydrogen-bond acceptors (Lipinski definition) is 7. The number of amides is 1. The van der Waals surface area contributed by atoms with Gasteiger partial charge in [0, 0.05) is 0 Å². The third kappa shape index (κ3) is 5.25. The molecular formula is C17H31ClN2O5S. The summed E-state index contributed by atoms with van der Waals surface area (Å²) in [5, 5.41) is 36.1. The van der Waals surface area contributed by atoms with Crippen molar-refractivity contribution in [1.82, 2.24) is 10.6 Å². The molecule has 1 amide bonds. The summed E-state index contributed by atoms with van der Waals surface area (Å²) in [4.78, 5) is 12.7. The summed E-state index contributed by atoms with van der Waals surface area (Å²) in [5.41, 5.74) is -0.704. The third-order valence-corrected chi connectivity index (χ3v) is 6.42. The van der Waals surface area contributed by atoms with E-state index in [1.54, 1.807) is 13.2 Å². The van der Waals surface area contributed by atoms with E-state index in [2.05, 4.69) is 17.6 Å². The number of thioether (sulfide) groups is 1. The number of nitrogens with one attached hydrogen (secondary N) is 2. The van der Waals surface area contributed by atoms with E-state index < -0.39 is 41.3 Å². The molecule has 9 atom stereocenters. The highest BCUT2D eigenvalue weighted by Gasteiger charge is 2.48. The molecule has 2 aliphatic rings. The molecule has 0 aromatic carbocycles. The van der Waals surface area contributed by atoms with Crippen LogP contribution in [0, 0.1) is 5.92 Å². The molecular weight excluding hydrogens is 380 g/mol. The lowest BCUT2D eigenvalue weighted by atomic mass is 9.92. The van der Waals surface area contributed by atoms with Gasteiger partial charge in [0.2, 0.25) is 5.91 Å². The molecule has 0 aromatic heterocycles. The van der Waals surface area contributed by atoms with Crippen LogP contribution in [0.2, 0.25) is 0 Å². The molecule has 26 heavy (non-hydrogen) atoms. The average molecular weight is 411 g/mol. The number of hydrogen-bond donors (Lipinski definition) is 5. The molecule has 0 bridgehead atoms. The van der Waals surface area contributed by atoms with Gasteiger partial charge >= 0.3 is 0 Å². The second-order valence-corrected chi connectivity index (χ2v) is 8.99. The van der Waals surface area contributed by atoms with Gasteiger partial charge in [0.15, 0.2) is 0 Å². The van der Waals surface area contributed by atoms with Crippen molar-refractivity contribution in [3.8, 4) is 0 Å². The number of ether oxygens (including phenoxy) is 1. The summed E-state index contributed by atoms with van der Waals surface area (Å²) >= 11 is 7.51. The lowest BCUT2D eigenvalue weighted by molar-refractivity contribution is -0.205. The molecule has 0 radical (unpaired) electrons. The quantitative estimate of drug-likeness (QED) is 0.407. The number of carbonyl (C=O) groups excluding carboxylic acids is 1. The molecule has 1 unspecified atom stereocenters.